The Bertz CT molecular complexity index is 1090. The third-order valence-corrected chi connectivity index (χ3v) is 5.23. The topological polar surface area (TPSA) is 203 Å². The van der Waals surface area contributed by atoms with Crippen molar-refractivity contribution < 1.29 is 38.9 Å². The molecule has 0 fully saturated rings. The number of ether oxygens (including phenoxy) is 1. The Morgan fingerprint density at radius 1 is 1.24 bits per heavy atom. The molecule has 0 saturated carbocycles. The molecule has 0 radical (unpaired) electrons. The van der Waals surface area contributed by atoms with Crippen molar-refractivity contribution in [3.63, 3.8) is 0 Å². The molecular formula is C23H30N6O8. The average molecular weight is 519 g/mol. The SMILES string of the molecule is Cc1ccc2cc1OCCNC(=O)CN(C(=O)c1cn[nH]c1)CCNC(=O)[C@H]([C@@H](C)O)NC2=O.O=CO. The maximum absolute atomic E-state index is 12.8. The number of H-pyrrole nitrogens is 1. The Labute approximate surface area is 212 Å². The smallest absolute Gasteiger partial charge is 0.290 e. The van der Waals surface area contributed by atoms with Gasteiger partial charge in [0.2, 0.25) is 11.8 Å². The summed E-state index contributed by atoms with van der Waals surface area (Å²) >= 11 is 0. The minimum absolute atomic E-state index is 0.00735. The van der Waals surface area contributed by atoms with E-state index in [1.165, 1.54) is 30.3 Å². The fraction of sp³-hybridized carbons (Fsp3) is 0.391. The predicted octanol–water partition coefficient (Wildman–Crippen LogP) is -1.33. The van der Waals surface area contributed by atoms with Gasteiger partial charge in [0, 0.05) is 24.8 Å². The molecule has 1 aromatic carbocycles. The Morgan fingerprint density at radius 2 is 1.97 bits per heavy atom. The van der Waals surface area contributed by atoms with Crippen molar-refractivity contribution in [1.29, 1.82) is 0 Å². The molecule has 1 aliphatic heterocycles. The molecule has 3 rings (SSSR count). The van der Waals surface area contributed by atoms with Crippen molar-refractivity contribution in [2.75, 3.05) is 32.8 Å². The molecule has 14 nitrogen and oxygen atoms in total. The number of hydrogen-bond donors (Lipinski definition) is 6. The molecule has 1 aliphatic rings. The van der Waals surface area contributed by atoms with Crippen molar-refractivity contribution in [3.05, 3.63) is 47.3 Å². The summed E-state index contributed by atoms with van der Waals surface area (Å²) in [5.41, 5.74) is 1.30. The molecule has 37 heavy (non-hydrogen) atoms. The highest BCUT2D eigenvalue weighted by atomic mass is 16.5. The van der Waals surface area contributed by atoms with Crippen LogP contribution in [-0.4, -0.2) is 100 Å². The molecule has 2 heterocycles. The van der Waals surface area contributed by atoms with E-state index in [0.29, 0.717) is 5.75 Å². The molecule has 1 aromatic heterocycles. The Kier molecular flexibility index (Phi) is 11.0. The highest BCUT2D eigenvalue weighted by Crippen LogP contribution is 2.20. The molecule has 200 valence electrons. The highest BCUT2D eigenvalue weighted by molar-refractivity contribution is 5.98. The summed E-state index contributed by atoms with van der Waals surface area (Å²) in [5, 5.41) is 31.1. The zero-order valence-electron chi connectivity index (χ0n) is 20.4. The van der Waals surface area contributed by atoms with Crippen molar-refractivity contribution in [1.82, 2.24) is 31.0 Å². The lowest BCUT2D eigenvalue weighted by Gasteiger charge is -2.24. The molecule has 4 amide bonds. The summed E-state index contributed by atoms with van der Waals surface area (Å²) in [6.45, 7) is 3.03. The normalized spacial score (nSPS) is 18.0. The van der Waals surface area contributed by atoms with Gasteiger partial charge in [0.25, 0.3) is 18.3 Å². The predicted molar refractivity (Wildman–Crippen MR) is 129 cm³/mol. The Morgan fingerprint density at radius 3 is 2.62 bits per heavy atom. The molecule has 6 N–H and O–H groups in total. The van der Waals surface area contributed by atoms with Crippen LogP contribution in [0.3, 0.4) is 0 Å². The van der Waals surface area contributed by atoms with Crippen molar-refractivity contribution in [2.24, 2.45) is 0 Å². The minimum Gasteiger partial charge on any atom is -0.491 e. The maximum Gasteiger partial charge on any atom is 0.290 e. The van der Waals surface area contributed by atoms with Crippen molar-refractivity contribution in [2.45, 2.75) is 26.0 Å². The molecule has 0 saturated heterocycles. The second kappa shape index (κ2) is 14.2. The van der Waals surface area contributed by atoms with Gasteiger partial charge in [0.1, 0.15) is 18.4 Å². The maximum atomic E-state index is 12.8. The van der Waals surface area contributed by atoms with E-state index in [1.807, 2.05) is 6.92 Å². The fourth-order valence-electron chi connectivity index (χ4n) is 3.33. The molecule has 14 heteroatoms. The number of carboxylic acid groups (broad SMARTS) is 1. The van der Waals surface area contributed by atoms with E-state index in [2.05, 4.69) is 26.1 Å². The molecular weight excluding hydrogens is 488 g/mol. The van der Waals surface area contributed by atoms with Gasteiger partial charge in [-0.05, 0) is 31.5 Å². The number of carbonyl (C=O) groups is 5. The molecule has 2 atom stereocenters. The van der Waals surface area contributed by atoms with Crippen LogP contribution in [0.15, 0.2) is 30.6 Å². The summed E-state index contributed by atoms with van der Waals surface area (Å²) in [6.07, 6.45) is 1.57. The van der Waals surface area contributed by atoms with Gasteiger partial charge in [0.05, 0.1) is 31.0 Å². The molecule has 2 aromatic rings. The van der Waals surface area contributed by atoms with Crippen LogP contribution < -0.4 is 20.7 Å². The standard InChI is InChI=1S/C22H28N6O6.CH2O2/c1-13-3-4-15-9-17(13)34-8-6-23-18(30)12-28(22(33)16-10-25-26-11-16)7-5-24-21(32)19(14(2)29)27-20(15)31;2-1-3/h3-4,9-11,14,19,29H,5-8,12H2,1-2H3,(H,23,30)(H,24,32)(H,25,26)(H,27,31);1H,(H,2,3)/t14-,19+;/m1./s1. The van der Waals surface area contributed by atoms with Gasteiger partial charge in [-0.1, -0.05) is 6.07 Å². The minimum atomic E-state index is -1.23. The zero-order valence-corrected chi connectivity index (χ0v) is 20.4. The van der Waals surface area contributed by atoms with Crippen LogP contribution in [0.25, 0.3) is 0 Å². The summed E-state index contributed by atoms with van der Waals surface area (Å²) in [5.74, 6) is -1.59. The number of fused-ring (bicyclic) bond motifs is 2. The molecule has 0 unspecified atom stereocenters. The summed E-state index contributed by atoms with van der Waals surface area (Å²) in [6, 6.07) is 3.60. The first-order chi connectivity index (χ1) is 17.7. The largest absolute Gasteiger partial charge is 0.491 e. The van der Waals surface area contributed by atoms with Gasteiger partial charge in [-0.15, -0.1) is 0 Å². The first-order valence-corrected chi connectivity index (χ1v) is 11.3. The van der Waals surface area contributed by atoms with E-state index in [4.69, 9.17) is 14.6 Å². The highest BCUT2D eigenvalue weighted by Gasteiger charge is 2.27. The number of nitrogens with zero attached hydrogens (tertiary/aromatic N) is 2. The van der Waals surface area contributed by atoms with Crippen LogP contribution in [0.2, 0.25) is 0 Å². The molecule has 0 aliphatic carbocycles. The van der Waals surface area contributed by atoms with Gasteiger partial charge in [0.15, 0.2) is 0 Å². The van der Waals surface area contributed by atoms with Crippen LogP contribution in [0.1, 0.15) is 33.2 Å². The lowest BCUT2D eigenvalue weighted by Crippen LogP contribution is -2.53. The number of aliphatic hydroxyl groups is 1. The van der Waals surface area contributed by atoms with E-state index < -0.39 is 35.8 Å². The van der Waals surface area contributed by atoms with Crippen molar-refractivity contribution in [3.8, 4) is 5.75 Å². The number of hydrogen-bond acceptors (Lipinski definition) is 8. The Balaban J connectivity index is 0.00000153. The van der Waals surface area contributed by atoms with Crippen molar-refractivity contribution >= 4 is 30.1 Å². The fourth-order valence-corrected chi connectivity index (χ4v) is 3.33. The van der Waals surface area contributed by atoms with Crippen LogP contribution in [-0.2, 0) is 14.4 Å². The van der Waals surface area contributed by atoms with Gasteiger partial charge in [-0.3, -0.25) is 29.1 Å². The van der Waals surface area contributed by atoms with Gasteiger partial charge >= 0.3 is 0 Å². The first kappa shape index (κ1) is 28.8. The van der Waals surface area contributed by atoms with E-state index in [0.717, 1.165) is 5.56 Å². The number of benzene rings is 1. The number of aromatic nitrogens is 2. The monoisotopic (exact) mass is 518 g/mol. The van der Waals surface area contributed by atoms with Gasteiger partial charge in [-0.25, -0.2) is 0 Å². The van der Waals surface area contributed by atoms with Gasteiger partial charge in [-0.2, -0.15) is 5.10 Å². The van der Waals surface area contributed by atoms with Gasteiger partial charge < -0.3 is 35.8 Å². The first-order valence-electron chi connectivity index (χ1n) is 11.3. The lowest BCUT2D eigenvalue weighted by atomic mass is 10.1. The number of rotatable bonds is 2. The summed E-state index contributed by atoms with van der Waals surface area (Å²) in [7, 11) is 0. The third-order valence-electron chi connectivity index (χ3n) is 5.23. The Hall–Kier alpha value is -4.46. The quantitative estimate of drug-likeness (QED) is 0.260. The number of carbonyl (C=O) groups excluding carboxylic acids is 4. The van der Waals surface area contributed by atoms with E-state index in [-0.39, 0.29) is 50.4 Å². The number of amides is 4. The summed E-state index contributed by atoms with van der Waals surface area (Å²) in [4.78, 5) is 60.3. The van der Waals surface area contributed by atoms with E-state index in [1.54, 1.807) is 12.1 Å². The van der Waals surface area contributed by atoms with Crippen LogP contribution >= 0.6 is 0 Å². The zero-order chi connectivity index (χ0) is 27.4. The van der Waals surface area contributed by atoms with Crippen LogP contribution in [0, 0.1) is 6.92 Å². The summed E-state index contributed by atoms with van der Waals surface area (Å²) < 4.78 is 5.71. The third kappa shape index (κ3) is 8.61. The van der Waals surface area contributed by atoms with Crippen LogP contribution in [0.5, 0.6) is 5.75 Å². The number of aliphatic hydroxyl groups excluding tert-OH is 1. The number of nitrogens with one attached hydrogen (secondary N) is 4. The molecule has 2 bridgehead atoms. The molecule has 0 spiro atoms. The van der Waals surface area contributed by atoms with E-state index >= 15 is 0 Å². The second-order valence-corrected chi connectivity index (χ2v) is 7.98. The number of aryl methyl sites for hydroxylation is 1. The lowest BCUT2D eigenvalue weighted by molar-refractivity contribution is -0.125. The second-order valence-electron chi connectivity index (χ2n) is 7.98. The van der Waals surface area contributed by atoms with Crippen LogP contribution in [0.4, 0.5) is 0 Å². The van der Waals surface area contributed by atoms with E-state index in [9.17, 15) is 24.3 Å². The number of aromatic amines is 1. The average Bonchev–Trinajstić information content (AvgIpc) is 3.39.